The maximum absolute atomic E-state index is 13.5. The van der Waals surface area contributed by atoms with Crippen LogP contribution in [0.1, 0.15) is 25.0 Å². The topological polar surface area (TPSA) is 58.6 Å². The third kappa shape index (κ3) is 7.89. The molecule has 184 valence electrons. The first-order valence-corrected chi connectivity index (χ1v) is 12.3. The molecule has 0 saturated heterocycles. The molecular weight excluding hydrogens is 507 g/mol. The summed E-state index contributed by atoms with van der Waals surface area (Å²) >= 11 is 18.8. The van der Waals surface area contributed by atoms with Gasteiger partial charge in [-0.3, -0.25) is 9.59 Å². The lowest BCUT2D eigenvalue weighted by molar-refractivity contribution is -0.143. The second kappa shape index (κ2) is 12.8. The van der Waals surface area contributed by atoms with Crippen molar-refractivity contribution < 1.29 is 14.3 Å². The van der Waals surface area contributed by atoms with Crippen LogP contribution in [0.5, 0.6) is 5.75 Å². The van der Waals surface area contributed by atoms with Gasteiger partial charge >= 0.3 is 0 Å². The van der Waals surface area contributed by atoms with Gasteiger partial charge in [0, 0.05) is 39.6 Å². The first kappa shape index (κ1) is 26.9. The highest BCUT2D eigenvalue weighted by atomic mass is 35.5. The van der Waals surface area contributed by atoms with Crippen molar-refractivity contribution in [2.75, 3.05) is 6.61 Å². The summed E-state index contributed by atoms with van der Waals surface area (Å²) in [5.41, 5.74) is 1.48. The van der Waals surface area contributed by atoms with E-state index in [1.807, 2.05) is 44.2 Å². The van der Waals surface area contributed by atoms with Gasteiger partial charge in [0.25, 0.3) is 5.91 Å². The smallest absolute Gasteiger partial charge is 0.261 e. The van der Waals surface area contributed by atoms with Gasteiger partial charge in [0.05, 0.1) is 0 Å². The minimum Gasteiger partial charge on any atom is -0.484 e. The summed E-state index contributed by atoms with van der Waals surface area (Å²) in [6, 6.07) is 20.5. The number of halogens is 3. The molecule has 0 radical (unpaired) electrons. The Balaban J connectivity index is 1.95. The van der Waals surface area contributed by atoms with Crippen molar-refractivity contribution in [2.24, 2.45) is 0 Å². The van der Waals surface area contributed by atoms with Crippen molar-refractivity contribution in [3.63, 3.8) is 0 Å². The number of ether oxygens (including phenoxy) is 1. The quantitative estimate of drug-likeness (QED) is 0.338. The Hall–Kier alpha value is -2.73. The minimum absolute atomic E-state index is 0.0460. The molecule has 35 heavy (non-hydrogen) atoms. The molecule has 0 aliphatic heterocycles. The van der Waals surface area contributed by atoms with Crippen LogP contribution in [0.4, 0.5) is 0 Å². The molecule has 1 N–H and O–H groups in total. The minimum atomic E-state index is -0.812. The van der Waals surface area contributed by atoms with Gasteiger partial charge in [0.15, 0.2) is 6.61 Å². The summed E-state index contributed by atoms with van der Waals surface area (Å²) in [5, 5.41) is 4.33. The molecule has 3 aromatic rings. The fourth-order valence-electron chi connectivity index (χ4n) is 3.55. The summed E-state index contributed by atoms with van der Waals surface area (Å²) in [5.74, 6) is -0.160. The van der Waals surface area contributed by atoms with Crippen molar-refractivity contribution in [3.05, 3.63) is 99.0 Å². The molecule has 0 saturated carbocycles. The van der Waals surface area contributed by atoms with Gasteiger partial charge < -0.3 is 15.0 Å². The van der Waals surface area contributed by atoms with Gasteiger partial charge in [-0.2, -0.15) is 0 Å². The summed E-state index contributed by atoms with van der Waals surface area (Å²) in [4.78, 5) is 28.4. The number of carbonyl (C=O) groups excluding carboxylic acids is 2. The van der Waals surface area contributed by atoms with Gasteiger partial charge in [-0.25, -0.2) is 0 Å². The van der Waals surface area contributed by atoms with Gasteiger partial charge in [-0.05, 0) is 55.8 Å². The van der Waals surface area contributed by atoms with Crippen LogP contribution in [0.2, 0.25) is 15.1 Å². The Bertz CT molecular complexity index is 1120. The van der Waals surface area contributed by atoms with Crippen molar-refractivity contribution in [1.29, 1.82) is 0 Å². The van der Waals surface area contributed by atoms with E-state index in [1.54, 1.807) is 42.5 Å². The average molecular weight is 534 g/mol. The third-order valence-corrected chi connectivity index (χ3v) is 6.23. The lowest BCUT2D eigenvalue weighted by atomic mass is 10.0. The Morgan fingerprint density at radius 3 is 2.11 bits per heavy atom. The van der Waals surface area contributed by atoms with Crippen LogP contribution in [0.25, 0.3) is 0 Å². The predicted octanol–water partition coefficient (Wildman–Crippen LogP) is 6.19. The fourth-order valence-corrected chi connectivity index (χ4v) is 4.19. The van der Waals surface area contributed by atoms with E-state index in [-0.39, 0.29) is 31.0 Å². The lowest BCUT2D eigenvalue weighted by Gasteiger charge is -2.32. The summed E-state index contributed by atoms with van der Waals surface area (Å²) < 4.78 is 5.72. The second-order valence-corrected chi connectivity index (χ2v) is 9.58. The molecule has 0 heterocycles. The summed E-state index contributed by atoms with van der Waals surface area (Å²) in [7, 11) is 0. The zero-order valence-corrected chi connectivity index (χ0v) is 21.8. The number of nitrogens with zero attached hydrogens (tertiary/aromatic N) is 1. The van der Waals surface area contributed by atoms with Gasteiger partial charge in [-0.1, -0.05) is 71.2 Å². The highest BCUT2D eigenvalue weighted by Crippen LogP contribution is 2.27. The van der Waals surface area contributed by atoms with Crippen LogP contribution in [0.15, 0.2) is 72.8 Å². The van der Waals surface area contributed by atoms with Crippen LogP contribution in [0.3, 0.4) is 0 Å². The van der Waals surface area contributed by atoms with Crippen LogP contribution < -0.4 is 10.1 Å². The largest absolute Gasteiger partial charge is 0.484 e. The van der Waals surface area contributed by atoms with Crippen molar-refractivity contribution in [2.45, 2.75) is 38.9 Å². The highest BCUT2D eigenvalue weighted by Gasteiger charge is 2.32. The zero-order valence-electron chi connectivity index (χ0n) is 19.5. The van der Waals surface area contributed by atoms with Crippen LogP contribution in [-0.2, 0) is 22.6 Å². The van der Waals surface area contributed by atoms with E-state index in [0.717, 1.165) is 5.56 Å². The third-order valence-electron chi connectivity index (χ3n) is 5.27. The molecular formula is C27H27Cl3N2O3. The number of amides is 2. The van der Waals surface area contributed by atoms with E-state index in [0.29, 0.717) is 32.8 Å². The van der Waals surface area contributed by atoms with E-state index >= 15 is 0 Å². The molecule has 0 aliphatic rings. The van der Waals surface area contributed by atoms with Crippen molar-refractivity contribution in [1.82, 2.24) is 10.2 Å². The molecule has 5 nitrogen and oxygen atoms in total. The van der Waals surface area contributed by atoms with E-state index < -0.39 is 6.04 Å². The highest BCUT2D eigenvalue weighted by molar-refractivity contribution is 6.36. The molecule has 1 atom stereocenters. The molecule has 0 bridgehead atoms. The molecule has 0 aromatic heterocycles. The number of benzene rings is 3. The Morgan fingerprint density at radius 1 is 0.886 bits per heavy atom. The van der Waals surface area contributed by atoms with E-state index in [1.165, 1.54) is 4.90 Å². The van der Waals surface area contributed by atoms with Crippen LogP contribution in [-0.4, -0.2) is 35.4 Å². The van der Waals surface area contributed by atoms with Crippen LogP contribution in [0, 0.1) is 0 Å². The lowest BCUT2D eigenvalue weighted by Crippen LogP contribution is -2.52. The molecule has 2 amide bonds. The van der Waals surface area contributed by atoms with E-state index in [2.05, 4.69) is 5.32 Å². The second-order valence-electron chi connectivity index (χ2n) is 8.33. The first-order chi connectivity index (χ1) is 16.7. The van der Waals surface area contributed by atoms with Gasteiger partial charge in [0.2, 0.25) is 5.91 Å². The van der Waals surface area contributed by atoms with Crippen LogP contribution >= 0.6 is 34.8 Å². The number of rotatable bonds is 10. The molecule has 3 aromatic carbocycles. The zero-order chi connectivity index (χ0) is 25.4. The standard InChI is InChI=1S/C27H27Cl3N2O3/c1-18(2)31-27(34)25(15-19-7-4-3-5-8-19)32(16-22-23(29)9-6-10-24(22)30)26(33)17-35-21-13-11-20(28)12-14-21/h3-14,18,25H,15-17H2,1-2H3,(H,31,34)/t25-/m1/s1. The van der Waals surface area contributed by atoms with E-state index in [9.17, 15) is 9.59 Å². The molecule has 0 unspecified atom stereocenters. The fraction of sp³-hybridized carbons (Fsp3) is 0.259. The number of nitrogens with one attached hydrogen (secondary N) is 1. The summed E-state index contributed by atoms with van der Waals surface area (Å²) in [6.45, 7) is 3.52. The maximum atomic E-state index is 13.5. The van der Waals surface area contributed by atoms with E-state index in [4.69, 9.17) is 39.5 Å². The predicted molar refractivity (Wildman–Crippen MR) is 141 cm³/mol. The molecule has 0 spiro atoms. The maximum Gasteiger partial charge on any atom is 0.261 e. The Labute approximate surface area is 220 Å². The monoisotopic (exact) mass is 532 g/mol. The van der Waals surface area contributed by atoms with Gasteiger partial charge in [-0.15, -0.1) is 0 Å². The number of carbonyl (C=O) groups is 2. The van der Waals surface area contributed by atoms with Gasteiger partial charge in [0.1, 0.15) is 11.8 Å². The molecule has 8 heteroatoms. The number of hydrogen-bond acceptors (Lipinski definition) is 3. The SMILES string of the molecule is CC(C)NC(=O)[C@@H](Cc1ccccc1)N(Cc1c(Cl)cccc1Cl)C(=O)COc1ccc(Cl)cc1. The number of hydrogen-bond donors (Lipinski definition) is 1. The normalized spacial score (nSPS) is 11.7. The van der Waals surface area contributed by atoms with Crippen molar-refractivity contribution in [3.8, 4) is 5.75 Å². The summed E-state index contributed by atoms with van der Waals surface area (Å²) in [6.07, 6.45) is 0.314. The Morgan fingerprint density at radius 2 is 1.51 bits per heavy atom. The molecule has 3 rings (SSSR count). The average Bonchev–Trinajstić information content (AvgIpc) is 2.82. The Kier molecular flexibility index (Phi) is 9.84. The molecule has 0 fully saturated rings. The molecule has 0 aliphatic carbocycles. The van der Waals surface area contributed by atoms with Crippen molar-refractivity contribution >= 4 is 46.6 Å². The first-order valence-electron chi connectivity index (χ1n) is 11.2.